The lowest BCUT2D eigenvalue weighted by molar-refractivity contribution is 0.580. The van der Waals surface area contributed by atoms with Crippen molar-refractivity contribution in [1.82, 2.24) is 14.7 Å². The highest BCUT2D eigenvalue weighted by Gasteiger charge is 2.17. The molecule has 0 aliphatic rings. The van der Waals surface area contributed by atoms with Crippen molar-refractivity contribution in [2.75, 3.05) is 22.0 Å². The van der Waals surface area contributed by atoms with Crippen LogP contribution in [-0.2, 0) is 36.4 Å². The van der Waals surface area contributed by atoms with Gasteiger partial charge in [-0.15, -0.1) is 0 Å². The number of sulfonamides is 2. The maximum absolute atomic E-state index is 14.2. The summed E-state index contributed by atoms with van der Waals surface area (Å²) in [6.45, 7) is -0.133. The third-order valence-corrected chi connectivity index (χ3v) is 8.69. The zero-order valence-corrected chi connectivity index (χ0v) is 20.6. The predicted octanol–water partition coefficient (Wildman–Crippen LogP) is 1.17. The van der Waals surface area contributed by atoms with Crippen LogP contribution in [0.3, 0.4) is 0 Å². The molecule has 16 heteroatoms. The second-order valence-electron chi connectivity index (χ2n) is 7.39. The molecule has 12 nitrogen and oxygen atoms in total. The summed E-state index contributed by atoms with van der Waals surface area (Å²) in [5.41, 5.74) is 1.28. The van der Waals surface area contributed by atoms with Gasteiger partial charge in [0.25, 0.3) is 0 Å². The van der Waals surface area contributed by atoms with E-state index in [0.29, 0.717) is 16.9 Å². The fourth-order valence-corrected chi connectivity index (χ4v) is 6.29. The van der Waals surface area contributed by atoms with E-state index in [-0.39, 0.29) is 23.2 Å². The van der Waals surface area contributed by atoms with E-state index in [1.165, 1.54) is 18.2 Å². The first-order chi connectivity index (χ1) is 16.2. The van der Waals surface area contributed by atoms with Gasteiger partial charge in [-0.05, 0) is 35.9 Å². The number of benzene rings is 2. The smallest absolute Gasteiger partial charge is 0.238 e. The Bertz CT molecular complexity index is 1550. The van der Waals surface area contributed by atoms with Crippen molar-refractivity contribution in [2.45, 2.75) is 11.4 Å². The molecule has 0 atom stereocenters. The minimum Gasteiger partial charge on any atom is -0.338 e. The number of sulfone groups is 1. The lowest BCUT2D eigenvalue weighted by atomic mass is 10.2. The summed E-state index contributed by atoms with van der Waals surface area (Å²) in [7, 11) is -11.6. The molecule has 0 aliphatic heterocycles. The molecule has 0 amide bonds. The van der Waals surface area contributed by atoms with Crippen molar-refractivity contribution in [3.63, 3.8) is 0 Å². The van der Waals surface area contributed by atoms with E-state index < -0.39 is 40.8 Å². The molecule has 0 radical (unpaired) electrons. The van der Waals surface area contributed by atoms with Gasteiger partial charge in [0.1, 0.15) is 0 Å². The third kappa shape index (κ3) is 8.22. The number of rotatable bonds is 10. The molecule has 3 aromatic rings. The summed E-state index contributed by atoms with van der Waals surface area (Å²) >= 11 is 0. The number of aromatic nitrogens is 2. The number of halogens is 1. The van der Waals surface area contributed by atoms with Gasteiger partial charge >= 0.3 is 0 Å². The van der Waals surface area contributed by atoms with Gasteiger partial charge in [-0.1, -0.05) is 18.2 Å². The number of nitrogens with two attached hydrogens (primary N) is 1. The summed E-state index contributed by atoms with van der Waals surface area (Å²) in [6, 6.07) is 11.8. The van der Waals surface area contributed by atoms with Crippen LogP contribution in [0.4, 0.5) is 27.5 Å². The molecule has 188 valence electrons. The number of hydrogen-bond donors (Lipinski definition) is 4. The lowest BCUT2D eigenvalue weighted by Crippen LogP contribution is -2.29. The van der Waals surface area contributed by atoms with Crippen LogP contribution in [0.5, 0.6) is 0 Å². The van der Waals surface area contributed by atoms with Gasteiger partial charge in [0.15, 0.2) is 26.6 Å². The van der Waals surface area contributed by atoms with E-state index >= 15 is 0 Å². The maximum Gasteiger partial charge on any atom is 0.238 e. The van der Waals surface area contributed by atoms with E-state index in [4.69, 9.17) is 5.14 Å². The molecule has 0 fully saturated rings. The molecule has 1 heterocycles. The fraction of sp³-hybridized carbons (Fsp3) is 0.158. The van der Waals surface area contributed by atoms with Gasteiger partial charge in [-0.25, -0.2) is 44.5 Å². The Balaban J connectivity index is 1.69. The molecule has 5 N–H and O–H groups in total. The van der Waals surface area contributed by atoms with Gasteiger partial charge in [-0.2, -0.15) is 4.98 Å². The lowest BCUT2D eigenvalue weighted by Gasteiger charge is -2.11. The average molecular weight is 545 g/mol. The van der Waals surface area contributed by atoms with E-state index in [1.807, 2.05) is 0 Å². The van der Waals surface area contributed by atoms with E-state index in [0.717, 1.165) is 12.5 Å². The van der Waals surface area contributed by atoms with Crippen molar-refractivity contribution in [3.05, 3.63) is 66.1 Å². The molecule has 0 unspecified atom stereocenters. The minimum atomic E-state index is -4.01. The number of nitrogens with zero attached hydrogens (tertiary/aromatic N) is 2. The van der Waals surface area contributed by atoms with Crippen molar-refractivity contribution < 1.29 is 29.6 Å². The largest absolute Gasteiger partial charge is 0.338 e. The second-order valence-corrected chi connectivity index (χ2v) is 13.3. The highest BCUT2D eigenvalue weighted by Crippen LogP contribution is 2.22. The topological polar surface area (TPSA) is 190 Å². The molecule has 0 aliphatic carbocycles. The van der Waals surface area contributed by atoms with Crippen molar-refractivity contribution in [1.29, 1.82) is 0 Å². The molecule has 35 heavy (non-hydrogen) atoms. The van der Waals surface area contributed by atoms with Crippen molar-refractivity contribution in [3.8, 4) is 0 Å². The standard InChI is InChI=1S/C19H21FN6O6S3/c1-33(27,28)12-34(29,30)23-10-13-5-7-14(8-6-13)24-18-17(20)11-22-19(26-18)25-15-3-2-4-16(9-15)35(21,31)32/h2-9,11,23H,10,12H2,1H3,(H2,21,31,32)(H2,22,24,25,26). The molecule has 0 saturated carbocycles. The average Bonchev–Trinajstić information content (AvgIpc) is 2.74. The fourth-order valence-electron chi connectivity index (χ4n) is 2.75. The number of nitrogens with one attached hydrogen (secondary N) is 3. The first kappa shape index (κ1) is 26.4. The number of primary sulfonamides is 1. The van der Waals surface area contributed by atoms with Crippen molar-refractivity contribution in [2.24, 2.45) is 5.14 Å². The van der Waals surface area contributed by atoms with Gasteiger partial charge in [0, 0.05) is 24.2 Å². The summed E-state index contributed by atoms with van der Waals surface area (Å²) in [4.78, 5) is 7.75. The Morgan fingerprint density at radius 1 is 0.943 bits per heavy atom. The van der Waals surface area contributed by atoms with Gasteiger partial charge < -0.3 is 10.6 Å². The Morgan fingerprint density at radius 3 is 2.26 bits per heavy atom. The van der Waals surface area contributed by atoms with Crippen LogP contribution in [-0.4, -0.2) is 46.6 Å². The first-order valence-corrected chi connectivity index (χ1v) is 14.9. The summed E-state index contributed by atoms with van der Waals surface area (Å²) in [6.07, 6.45) is 1.74. The molecule has 0 bridgehead atoms. The van der Waals surface area contributed by atoms with Crippen LogP contribution >= 0.6 is 0 Å². The zero-order chi connectivity index (χ0) is 25.9. The highest BCUT2D eigenvalue weighted by atomic mass is 32.3. The Hall–Kier alpha value is -3.18. The van der Waals surface area contributed by atoms with Crippen LogP contribution in [0, 0.1) is 5.82 Å². The maximum atomic E-state index is 14.2. The van der Waals surface area contributed by atoms with E-state index in [9.17, 15) is 29.6 Å². The monoisotopic (exact) mass is 544 g/mol. The van der Waals surface area contributed by atoms with E-state index in [1.54, 1.807) is 30.3 Å². The third-order valence-electron chi connectivity index (χ3n) is 4.24. The van der Waals surface area contributed by atoms with Gasteiger partial charge in [0.2, 0.25) is 26.0 Å². The second kappa shape index (κ2) is 10.2. The normalized spacial score (nSPS) is 12.3. The zero-order valence-electron chi connectivity index (χ0n) is 18.1. The first-order valence-electron chi connectivity index (χ1n) is 9.64. The minimum absolute atomic E-state index is 0.0163. The number of anilines is 4. The Morgan fingerprint density at radius 2 is 1.63 bits per heavy atom. The molecular formula is C19H21FN6O6S3. The van der Waals surface area contributed by atoms with Crippen molar-refractivity contribution >= 4 is 53.0 Å². The SMILES string of the molecule is CS(=O)(=O)CS(=O)(=O)NCc1ccc(Nc2nc(Nc3cccc(S(N)(=O)=O)c3)ncc2F)cc1. The van der Waals surface area contributed by atoms with Crippen LogP contribution in [0.15, 0.2) is 59.6 Å². The molecular weight excluding hydrogens is 523 g/mol. The predicted molar refractivity (Wildman–Crippen MR) is 128 cm³/mol. The Kier molecular flexibility index (Phi) is 7.71. The quantitative estimate of drug-likeness (QED) is 0.288. The molecule has 2 aromatic carbocycles. The molecule has 0 spiro atoms. The van der Waals surface area contributed by atoms with Crippen LogP contribution in [0.1, 0.15) is 5.56 Å². The molecule has 0 saturated heterocycles. The Labute approximate surface area is 201 Å². The van der Waals surface area contributed by atoms with Crippen LogP contribution in [0.25, 0.3) is 0 Å². The summed E-state index contributed by atoms with van der Waals surface area (Å²) in [5.74, 6) is -0.949. The molecule has 1 aromatic heterocycles. The van der Waals surface area contributed by atoms with Gasteiger partial charge in [0.05, 0.1) is 11.1 Å². The summed E-state index contributed by atoms with van der Waals surface area (Å²) < 4.78 is 85.4. The highest BCUT2D eigenvalue weighted by molar-refractivity contribution is 8.06. The van der Waals surface area contributed by atoms with Crippen LogP contribution < -0.4 is 20.5 Å². The number of hydrogen-bond acceptors (Lipinski definition) is 10. The van der Waals surface area contributed by atoms with E-state index in [2.05, 4.69) is 25.3 Å². The molecule has 3 rings (SSSR count). The van der Waals surface area contributed by atoms with Gasteiger partial charge in [-0.3, -0.25) is 0 Å². The summed E-state index contributed by atoms with van der Waals surface area (Å²) in [5, 5.41) is 9.63. The van der Waals surface area contributed by atoms with Crippen LogP contribution in [0.2, 0.25) is 0 Å².